The monoisotopic (exact) mass is 405 g/mol. The topological polar surface area (TPSA) is 64.6 Å². The van der Waals surface area contributed by atoms with Gasteiger partial charge in [0.15, 0.2) is 0 Å². The van der Waals surface area contributed by atoms with Gasteiger partial charge in [0.2, 0.25) is 10.0 Å². The molecule has 0 bridgehead atoms. The number of nitrogens with one attached hydrogen (secondary N) is 1. The smallest absolute Gasteiger partial charge is 0.240 e. The molecule has 0 radical (unpaired) electrons. The van der Waals surface area contributed by atoms with Crippen LogP contribution in [0.4, 0.5) is 0 Å². The molecule has 0 atom stereocenters. The molecule has 1 aliphatic carbocycles. The Hall–Kier alpha value is -0.470. The lowest BCUT2D eigenvalue weighted by Gasteiger charge is -2.46. The predicted octanol–water partition coefficient (Wildman–Crippen LogP) is 2.62. The van der Waals surface area contributed by atoms with Crippen molar-refractivity contribution in [3.8, 4) is 0 Å². The second kappa shape index (κ2) is 8.07. The highest BCUT2D eigenvalue weighted by Gasteiger charge is 2.46. The van der Waals surface area contributed by atoms with Crippen molar-refractivity contribution in [1.82, 2.24) is 4.72 Å². The zero-order valence-electron chi connectivity index (χ0n) is 13.5. The van der Waals surface area contributed by atoms with Gasteiger partial charge in [0.1, 0.15) is 0 Å². The fourth-order valence-corrected chi connectivity index (χ4v) is 4.54. The molecular formula is C16H24BrNO4S. The molecule has 0 heterocycles. The van der Waals surface area contributed by atoms with Crippen LogP contribution in [-0.2, 0) is 19.5 Å². The lowest BCUT2D eigenvalue weighted by atomic mass is 9.77. The van der Waals surface area contributed by atoms with Crippen LogP contribution in [0, 0.1) is 6.92 Å². The number of benzene rings is 1. The average molecular weight is 406 g/mol. The lowest BCUT2D eigenvalue weighted by molar-refractivity contribution is -0.0962. The Labute approximate surface area is 146 Å². The van der Waals surface area contributed by atoms with Gasteiger partial charge in [-0.1, -0.05) is 33.6 Å². The van der Waals surface area contributed by atoms with Gasteiger partial charge in [-0.05, 0) is 38.3 Å². The van der Waals surface area contributed by atoms with Crippen molar-refractivity contribution < 1.29 is 17.9 Å². The molecule has 0 saturated heterocycles. The van der Waals surface area contributed by atoms with Crippen LogP contribution in [0.3, 0.4) is 0 Å². The van der Waals surface area contributed by atoms with Gasteiger partial charge in [-0.3, -0.25) is 0 Å². The van der Waals surface area contributed by atoms with Crippen molar-refractivity contribution in [1.29, 1.82) is 0 Å². The third-order valence-corrected chi connectivity index (χ3v) is 6.59. The molecule has 1 aromatic carbocycles. The summed E-state index contributed by atoms with van der Waals surface area (Å²) in [6, 6.07) is 6.79. The summed E-state index contributed by atoms with van der Waals surface area (Å²) in [5.74, 6) is 0. The maximum Gasteiger partial charge on any atom is 0.240 e. The normalized spacial score (nSPS) is 24.4. The van der Waals surface area contributed by atoms with Gasteiger partial charge in [-0.15, -0.1) is 0 Å². The molecule has 7 heteroatoms. The lowest BCUT2D eigenvalue weighted by Crippen LogP contribution is -2.57. The molecule has 23 heavy (non-hydrogen) atoms. The number of ether oxygens (including phenoxy) is 2. The van der Waals surface area contributed by atoms with Gasteiger partial charge < -0.3 is 9.47 Å². The number of hydrogen-bond acceptors (Lipinski definition) is 4. The molecule has 130 valence electrons. The predicted molar refractivity (Wildman–Crippen MR) is 93.5 cm³/mol. The Morgan fingerprint density at radius 1 is 1.26 bits per heavy atom. The molecular weight excluding hydrogens is 382 g/mol. The van der Waals surface area contributed by atoms with Crippen molar-refractivity contribution >= 4 is 26.0 Å². The third kappa shape index (κ3) is 5.00. The van der Waals surface area contributed by atoms with Gasteiger partial charge in [-0.2, -0.15) is 0 Å². The molecule has 0 aromatic heterocycles. The highest BCUT2D eigenvalue weighted by molar-refractivity contribution is 9.09. The summed E-state index contributed by atoms with van der Waals surface area (Å²) in [5.41, 5.74) is 0.768. The fraction of sp³-hybridized carbons (Fsp3) is 0.625. The van der Waals surface area contributed by atoms with Crippen LogP contribution < -0.4 is 4.72 Å². The van der Waals surface area contributed by atoms with E-state index in [1.165, 1.54) is 0 Å². The molecule has 1 saturated carbocycles. The standard InChI is InChI=1S/C16H24BrNO4S/c1-13-4-6-15(7-5-13)23(19,20)18-14-10-16(11-14,12-17)22-9-3-8-21-2/h4-7,14,18H,3,8-12H2,1-2H3. The third-order valence-electron chi connectivity index (χ3n) is 4.03. The highest BCUT2D eigenvalue weighted by atomic mass is 79.9. The van der Waals surface area contributed by atoms with E-state index in [1.807, 2.05) is 6.92 Å². The van der Waals surface area contributed by atoms with Gasteiger partial charge in [-0.25, -0.2) is 13.1 Å². The molecule has 1 fully saturated rings. The summed E-state index contributed by atoms with van der Waals surface area (Å²) >= 11 is 3.48. The quantitative estimate of drug-likeness (QED) is 0.506. The fourth-order valence-electron chi connectivity index (χ4n) is 2.68. The number of hydrogen-bond donors (Lipinski definition) is 1. The Balaban J connectivity index is 1.87. The van der Waals surface area contributed by atoms with E-state index in [1.54, 1.807) is 31.4 Å². The van der Waals surface area contributed by atoms with Crippen molar-refractivity contribution in [2.45, 2.75) is 42.7 Å². The van der Waals surface area contributed by atoms with E-state index in [0.29, 0.717) is 36.3 Å². The molecule has 1 aliphatic rings. The second-order valence-corrected chi connectivity index (χ2v) is 8.33. The maximum atomic E-state index is 12.4. The summed E-state index contributed by atoms with van der Waals surface area (Å²) in [6.07, 6.45) is 2.19. The number of aryl methyl sites for hydroxylation is 1. The first-order valence-corrected chi connectivity index (χ1v) is 10.3. The largest absolute Gasteiger partial charge is 0.385 e. The number of rotatable bonds is 9. The van der Waals surface area contributed by atoms with E-state index >= 15 is 0 Å². The number of methoxy groups -OCH3 is 1. The Kier molecular flexibility index (Phi) is 6.62. The van der Waals surface area contributed by atoms with E-state index in [-0.39, 0.29) is 11.6 Å². The van der Waals surface area contributed by atoms with E-state index in [2.05, 4.69) is 20.7 Å². The second-order valence-electron chi connectivity index (χ2n) is 6.05. The Bertz CT molecular complexity index is 597. The maximum absolute atomic E-state index is 12.4. The molecule has 0 spiro atoms. The van der Waals surface area contributed by atoms with Gasteiger partial charge in [0.05, 0.1) is 10.5 Å². The van der Waals surface area contributed by atoms with Gasteiger partial charge in [0, 0.05) is 31.7 Å². The van der Waals surface area contributed by atoms with Crippen molar-refractivity contribution in [2.75, 3.05) is 25.7 Å². The molecule has 0 unspecified atom stereocenters. The first kappa shape index (κ1) is 18.9. The van der Waals surface area contributed by atoms with Crippen LogP contribution in [0.2, 0.25) is 0 Å². The molecule has 1 N–H and O–H groups in total. The number of halogens is 1. The van der Waals surface area contributed by atoms with Crippen molar-refractivity contribution in [3.63, 3.8) is 0 Å². The molecule has 2 rings (SSSR count). The highest BCUT2D eigenvalue weighted by Crippen LogP contribution is 2.38. The summed E-state index contributed by atoms with van der Waals surface area (Å²) < 4.78 is 38.4. The summed E-state index contributed by atoms with van der Waals surface area (Å²) in [6.45, 7) is 3.22. The summed E-state index contributed by atoms with van der Waals surface area (Å²) in [4.78, 5) is 0.306. The van der Waals surface area contributed by atoms with Gasteiger partial charge in [0.25, 0.3) is 0 Å². The van der Waals surface area contributed by atoms with Crippen LogP contribution in [0.15, 0.2) is 29.2 Å². The zero-order chi connectivity index (χ0) is 16.9. The van der Waals surface area contributed by atoms with Crippen LogP contribution >= 0.6 is 15.9 Å². The number of alkyl halides is 1. The molecule has 0 amide bonds. The minimum Gasteiger partial charge on any atom is -0.385 e. The van der Waals surface area contributed by atoms with E-state index in [4.69, 9.17) is 9.47 Å². The molecule has 5 nitrogen and oxygen atoms in total. The van der Waals surface area contributed by atoms with Crippen LogP contribution in [0.25, 0.3) is 0 Å². The van der Waals surface area contributed by atoms with Crippen molar-refractivity contribution in [3.05, 3.63) is 29.8 Å². The first-order valence-electron chi connectivity index (χ1n) is 7.69. The number of sulfonamides is 1. The minimum absolute atomic E-state index is 0.0821. The summed E-state index contributed by atoms with van der Waals surface area (Å²) in [5, 5.41) is 0.704. The van der Waals surface area contributed by atoms with E-state index in [9.17, 15) is 8.42 Å². The van der Waals surface area contributed by atoms with Gasteiger partial charge >= 0.3 is 0 Å². The Morgan fingerprint density at radius 2 is 1.91 bits per heavy atom. The average Bonchev–Trinajstić information content (AvgIpc) is 2.48. The first-order chi connectivity index (χ1) is 10.9. The van der Waals surface area contributed by atoms with Crippen LogP contribution in [-0.4, -0.2) is 45.7 Å². The van der Waals surface area contributed by atoms with Crippen LogP contribution in [0.5, 0.6) is 0 Å². The SMILES string of the molecule is COCCCOC1(CBr)CC(NS(=O)(=O)c2ccc(C)cc2)C1. The van der Waals surface area contributed by atoms with E-state index in [0.717, 1.165) is 12.0 Å². The minimum atomic E-state index is -3.47. The van der Waals surface area contributed by atoms with Crippen LogP contribution in [0.1, 0.15) is 24.8 Å². The Morgan fingerprint density at radius 3 is 2.48 bits per heavy atom. The van der Waals surface area contributed by atoms with Crippen molar-refractivity contribution in [2.24, 2.45) is 0 Å². The summed E-state index contributed by atoms with van der Waals surface area (Å²) in [7, 11) is -1.80. The van der Waals surface area contributed by atoms with E-state index < -0.39 is 10.0 Å². The zero-order valence-corrected chi connectivity index (χ0v) is 16.0. The molecule has 0 aliphatic heterocycles. The molecule has 1 aromatic rings.